The Morgan fingerprint density at radius 2 is 2.20 bits per heavy atom. The van der Waals surface area contributed by atoms with E-state index in [4.69, 9.17) is 0 Å². The lowest BCUT2D eigenvalue weighted by atomic mass is 9.80. The predicted molar refractivity (Wildman–Crippen MR) is 60.6 cm³/mol. The van der Waals surface area contributed by atoms with Crippen LogP contribution in [0.1, 0.15) is 34.1 Å². The van der Waals surface area contributed by atoms with Gasteiger partial charge in [0.25, 0.3) is 0 Å². The molecule has 0 radical (unpaired) electrons. The molecule has 0 aromatic rings. The van der Waals surface area contributed by atoms with Crippen LogP contribution >= 0.6 is 0 Å². The van der Waals surface area contributed by atoms with Crippen molar-refractivity contribution in [3.63, 3.8) is 0 Å². The number of carbonyl (C=O) groups excluding carboxylic acids is 1. The van der Waals surface area contributed by atoms with Crippen molar-refractivity contribution in [2.75, 3.05) is 6.54 Å². The summed E-state index contributed by atoms with van der Waals surface area (Å²) in [5.74, 6) is 0.138. The van der Waals surface area contributed by atoms with Gasteiger partial charge >= 0.3 is 0 Å². The van der Waals surface area contributed by atoms with E-state index in [2.05, 4.69) is 5.32 Å². The fraction of sp³-hybridized carbons (Fsp3) is 0.750. The highest BCUT2D eigenvalue weighted by Crippen LogP contribution is 2.32. The average Bonchev–Trinajstić information content (AvgIpc) is 2.19. The van der Waals surface area contributed by atoms with Crippen LogP contribution in [-0.4, -0.2) is 29.6 Å². The monoisotopic (exact) mass is 211 g/mol. The second-order valence-electron chi connectivity index (χ2n) is 4.97. The summed E-state index contributed by atoms with van der Waals surface area (Å²) in [4.78, 5) is 11.7. The van der Waals surface area contributed by atoms with E-state index >= 15 is 0 Å². The lowest BCUT2D eigenvalue weighted by Crippen LogP contribution is -2.45. The highest BCUT2D eigenvalue weighted by molar-refractivity contribution is 5.95. The summed E-state index contributed by atoms with van der Waals surface area (Å²) in [6, 6.07) is -0.114. The van der Waals surface area contributed by atoms with Gasteiger partial charge in [0, 0.05) is 6.42 Å². The minimum absolute atomic E-state index is 0.114. The van der Waals surface area contributed by atoms with Crippen LogP contribution in [0.5, 0.6) is 0 Å². The molecule has 3 nitrogen and oxygen atoms in total. The molecule has 0 spiro atoms. The maximum atomic E-state index is 11.7. The Morgan fingerprint density at radius 3 is 2.73 bits per heavy atom. The molecule has 86 valence electrons. The summed E-state index contributed by atoms with van der Waals surface area (Å²) in [6.07, 6.45) is 1.75. The number of Topliss-reactive ketones (excluding diaryl/α,β-unsaturated/α-hetero) is 1. The first kappa shape index (κ1) is 12.4. The van der Waals surface area contributed by atoms with Crippen LogP contribution in [0.2, 0.25) is 0 Å². The molecule has 0 amide bonds. The number of aliphatic hydroxyl groups excluding tert-OH is 1. The molecule has 0 aromatic carbocycles. The third kappa shape index (κ3) is 2.67. The standard InChI is InChI=1S/C12H21NO2/c1-5-13-9-6-8(2)10(14)7-12(3,4)11(9)15/h6,9,11,13,15H,5,7H2,1-4H3. The number of nitrogens with one attached hydrogen (secondary N) is 1. The number of hydrogen-bond acceptors (Lipinski definition) is 3. The Morgan fingerprint density at radius 1 is 1.60 bits per heavy atom. The van der Waals surface area contributed by atoms with E-state index in [0.717, 1.165) is 12.1 Å². The van der Waals surface area contributed by atoms with Gasteiger partial charge < -0.3 is 10.4 Å². The van der Waals surface area contributed by atoms with Crippen molar-refractivity contribution in [3.05, 3.63) is 11.6 Å². The topological polar surface area (TPSA) is 49.3 Å². The van der Waals surface area contributed by atoms with Gasteiger partial charge in [-0.25, -0.2) is 0 Å². The molecule has 0 aliphatic heterocycles. The van der Waals surface area contributed by atoms with Crippen molar-refractivity contribution < 1.29 is 9.90 Å². The molecule has 0 bridgehead atoms. The summed E-state index contributed by atoms with van der Waals surface area (Å²) in [6.45, 7) is 8.48. The van der Waals surface area contributed by atoms with E-state index in [1.165, 1.54) is 0 Å². The molecule has 1 aliphatic carbocycles. The van der Waals surface area contributed by atoms with Gasteiger partial charge in [0.05, 0.1) is 12.1 Å². The van der Waals surface area contributed by atoms with Crippen LogP contribution in [-0.2, 0) is 4.79 Å². The molecule has 2 atom stereocenters. The van der Waals surface area contributed by atoms with Crippen LogP contribution in [0.25, 0.3) is 0 Å². The van der Waals surface area contributed by atoms with E-state index in [9.17, 15) is 9.90 Å². The first-order chi connectivity index (χ1) is 6.88. The third-order valence-electron chi connectivity index (χ3n) is 3.07. The maximum absolute atomic E-state index is 11.7. The van der Waals surface area contributed by atoms with Gasteiger partial charge in [0.2, 0.25) is 0 Å². The molecule has 0 heterocycles. The second-order valence-corrected chi connectivity index (χ2v) is 4.97. The van der Waals surface area contributed by atoms with Crippen molar-refractivity contribution in [1.29, 1.82) is 0 Å². The predicted octanol–water partition coefficient (Wildman–Crippen LogP) is 1.27. The third-order valence-corrected chi connectivity index (χ3v) is 3.07. The van der Waals surface area contributed by atoms with Gasteiger partial charge in [-0.3, -0.25) is 4.79 Å². The number of aliphatic hydroxyl groups is 1. The second kappa shape index (κ2) is 4.45. The molecule has 1 rings (SSSR count). The van der Waals surface area contributed by atoms with Crippen molar-refractivity contribution in [2.45, 2.75) is 46.3 Å². The average molecular weight is 211 g/mol. The molecule has 15 heavy (non-hydrogen) atoms. The number of rotatable bonds is 2. The molecule has 0 aromatic heterocycles. The minimum Gasteiger partial charge on any atom is -0.391 e. The van der Waals surface area contributed by atoms with E-state index < -0.39 is 6.10 Å². The fourth-order valence-electron chi connectivity index (χ4n) is 2.00. The van der Waals surface area contributed by atoms with Gasteiger partial charge in [-0.2, -0.15) is 0 Å². The smallest absolute Gasteiger partial charge is 0.158 e. The zero-order valence-electron chi connectivity index (χ0n) is 10.0. The Hall–Kier alpha value is -0.670. The van der Waals surface area contributed by atoms with E-state index in [0.29, 0.717) is 6.42 Å². The van der Waals surface area contributed by atoms with E-state index in [1.54, 1.807) is 0 Å². The largest absolute Gasteiger partial charge is 0.391 e. The summed E-state index contributed by atoms with van der Waals surface area (Å²) in [7, 11) is 0. The summed E-state index contributed by atoms with van der Waals surface area (Å²) >= 11 is 0. The van der Waals surface area contributed by atoms with Crippen molar-refractivity contribution in [3.8, 4) is 0 Å². The fourth-order valence-corrected chi connectivity index (χ4v) is 2.00. The minimum atomic E-state index is -0.515. The highest BCUT2D eigenvalue weighted by atomic mass is 16.3. The Labute approximate surface area is 91.6 Å². The number of hydrogen-bond donors (Lipinski definition) is 2. The quantitative estimate of drug-likeness (QED) is 0.723. The van der Waals surface area contributed by atoms with E-state index in [1.807, 2.05) is 33.8 Å². The van der Waals surface area contributed by atoms with Crippen LogP contribution in [0.15, 0.2) is 11.6 Å². The first-order valence-electron chi connectivity index (χ1n) is 5.51. The molecule has 0 saturated heterocycles. The number of ketones is 1. The number of likely N-dealkylation sites (N-methyl/N-ethyl adjacent to an activating group) is 1. The lowest BCUT2D eigenvalue weighted by Gasteiger charge is -2.32. The molecular weight excluding hydrogens is 190 g/mol. The van der Waals surface area contributed by atoms with Crippen LogP contribution in [0.4, 0.5) is 0 Å². The van der Waals surface area contributed by atoms with Crippen LogP contribution < -0.4 is 5.32 Å². The SMILES string of the molecule is CCNC1C=C(C)C(=O)CC(C)(C)C1O. The Balaban J connectivity index is 2.98. The zero-order chi connectivity index (χ0) is 11.6. The van der Waals surface area contributed by atoms with Gasteiger partial charge in [0.1, 0.15) is 0 Å². The van der Waals surface area contributed by atoms with Gasteiger partial charge in [0.15, 0.2) is 5.78 Å². The molecule has 3 heteroatoms. The molecule has 0 fully saturated rings. The van der Waals surface area contributed by atoms with Gasteiger partial charge in [-0.1, -0.05) is 26.8 Å². The Bertz CT molecular complexity index is 281. The Kier molecular flexibility index (Phi) is 3.68. The van der Waals surface area contributed by atoms with Crippen molar-refractivity contribution in [2.24, 2.45) is 5.41 Å². The lowest BCUT2D eigenvalue weighted by molar-refractivity contribution is -0.118. The maximum Gasteiger partial charge on any atom is 0.158 e. The number of allylic oxidation sites excluding steroid dienone is 1. The summed E-state index contributed by atoms with van der Waals surface area (Å²) in [5, 5.41) is 13.4. The molecule has 2 N–H and O–H groups in total. The summed E-state index contributed by atoms with van der Waals surface area (Å²) < 4.78 is 0. The first-order valence-corrected chi connectivity index (χ1v) is 5.51. The van der Waals surface area contributed by atoms with Crippen molar-refractivity contribution in [1.82, 2.24) is 5.32 Å². The molecule has 2 unspecified atom stereocenters. The molecule has 0 saturated carbocycles. The molecule has 1 aliphatic rings. The highest BCUT2D eigenvalue weighted by Gasteiger charge is 2.37. The van der Waals surface area contributed by atoms with Gasteiger partial charge in [-0.05, 0) is 24.5 Å². The van der Waals surface area contributed by atoms with Crippen LogP contribution in [0, 0.1) is 5.41 Å². The van der Waals surface area contributed by atoms with Gasteiger partial charge in [-0.15, -0.1) is 0 Å². The zero-order valence-corrected chi connectivity index (χ0v) is 10.0. The number of carbonyl (C=O) groups is 1. The normalized spacial score (nSPS) is 31.0. The summed E-state index contributed by atoms with van der Waals surface area (Å²) in [5.41, 5.74) is 0.392. The van der Waals surface area contributed by atoms with Crippen molar-refractivity contribution >= 4 is 5.78 Å². The van der Waals surface area contributed by atoms with Crippen LogP contribution in [0.3, 0.4) is 0 Å². The van der Waals surface area contributed by atoms with E-state index in [-0.39, 0.29) is 17.2 Å². The molecular formula is C12H21NO2.